The Morgan fingerprint density at radius 3 is 2.38 bits per heavy atom. The zero-order chi connectivity index (χ0) is 20.1. The molecule has 6 heteroatoms. The molecular weight excluding hydrogens is 364 g/mol. The van der Waals surface area contributed by atoms with Crippen LogP contribution in [0, 0.1) is 6.92 Å². The quantitative estimate of drug-likeness (QED) is 0.610. The highest BCUT2D eigenvalue weighted by atomic mass is 16.5. The van der Waals surface area contributed by atoms with Crippen LogP contribution in [0.15, 0.2) is 53.1 Å². The second-order valence-electron chi connectivity index (χ2n) is 7.42. The lowest BCUT2D eigenvalue weighted by molar-refractivity contribution is 0.112. The number of piperazine rings is 1. The summed E-state index contributed by atoms with van der Waals surface area (Å²) < 4.78 is 11.2. The Balaban J connectivity index is 1.33. The van der Waals surface area contributed by atoms with Crippen LogP contribution in [0.5, 0.6) is 5.75 Å². The Labute approximate surface area is 172 Å². The summed E-state index contributed by atoms with van der Waals surface area (Å²) in [6, 6.07) is 16.4. The molecule has 1 fully saturated rings. The number of ether oxygens (including phenoxy) is 1. The van der Waals surface area contributed by atoms with E-state index < -0.39 is 0 Å². The molecule has 0 atom stereocenters. The third-order valence-corrected chi connectivity index (χ3v) is 5.37. The van der Waals surface area contributed by atoms with Crippen molar-refractivity contribution < 1.29 is 9.26 Å². The summed E-state index contributed by atoms with van der Waals surface area (Å²) in [4.78, 5) is 9.49. The van der Waals surface area contributed by atoms with Crippen molar-refractivity contribution in [2.45, 2.75) is 26.9 Å². The lowest BCUT2D eigenvalue weighted by Gasteiger charge is -2.34. The predicted octanol–water partition coefficient (Wildman–Crippen LogP) is 3.76. The fraction of sp³-hybridized carbons (Fsp3) is 0.391. The molecule has 4 rings (SSSR count). The molecule has 0 radical (unpaired) electrons. The molecule has 0 bridgehead atoms. The highest BCUT2D eigenvalue weighted by Gasteiger charge is 2.20. The van der Waals surface area contributed by atoms with Gasteiger partial charge in [-0.1, -0.05) is 41.6 Å². The first-order chi connectivity index (χ1) is 14.2. The molecule has 6 nitrogen and oxygen atoms in total. The SMILES string of the molecule is CCOc1ccccc1-c1noc(CN2CCN(Cc3ccccc3C)CC2)n1. The van der Waals surface area contributed by atoms with E-state index in [4.69, 9.17) is 9.26 Å². The van der Waals surface area contributed by atoms with Crippen molar-refractivity contribution in [1.82, 2.24) is 19.9 Å². The van der Waals surface area contributed by atoms with Gasteiger partial charge >= 0.3 is 0 Å². The van der Waals surface area contributed by atoms with Crippen LogP contribution < -0.4 is 4.74 Å². The monoisotopic (exact) mass is 392 g/mol. The Hall–Kier alpha value is -2.70. The average Bonchev–Trinajstić information content (AvgIpc) is 3.20. The van der Waals surface area contributed by atoms with Crippen LogP contribution in [0.1, 0.15) is 23.9 Å². The summed E-state index contributed by atoms with van der Waals surface area (Å²) in [6.07, 6.45) is 0. The fourth-order valence-electron chi connectivity index (χ4n) is 3.69. The largest absolute Gasteiger partial charge is 0.493 e. The minimum absolute atomic E-state index is 0.585. The van der Waals surface area contributed by atoms with E-state index in [1.165, 1.54) is 11.1 Å². The van der Waals surface area contributed by atoms with E-state index in [1.807, 2.05) is 31.2 Å². The Morgan fingerprint density at radius 1 is 0.931 bits per heavy atom. The normalized spacial score (nSPS) is 15.5. The standard InChI is InChI=1S/C23H28N4O2/c1-3-28-21-11-7-6-10-20(21)23-24-22(29-25-23)17-27-14-12-26(13-15-27)16-19-9-5-4-8-18(19)2/h4-11H,3,12-17H2,1-2H3. The van der Waals surface area contributed by atoms with Crippen molar-refractivity contribution >= 4 is 0 Å². The van der Waals surface area contributed by atoms with Gasteiger partial charge in [-0.25, -0.2) is 0 Å². The molecule has 1 aliphatic heterocycles. The van der Waals surface area contributed by atoms with E-state index >= 15 is 0 Å². The molecule has 0 N–H and O–H groups in total. The lowest BCUT2D eigenvalue weighted by Crippen LogP contribution is -2.45. The summed E-state index contributed by atoms with van der Waals surface area (Å²) in [5.74, 6) is 2.02. The summed E-state index contributed by atoms with van der Waals surface area (Å²) in [5.41, 5.74) is 3.64. The molecule has 152 valence electrons. The van der Waals surface area contributed by atoms with Gasteiger partial charge in [0, 0.05) is 32.7 Å². The highest BCUT2D eigenvalue weighted by Crippen LogP contribution is 2.27. The molecule has 0 unspecified atom stereocenters. The molecule has 1 saturated heterocycles. The van der Waals surface area contributed by atoms with E-state index in [0.717, 1.165) is 44.0 Å². The van der Waals surface area contributed by atoms with E-state index in [2.05, 4.69) is 51.1 Å². The maximum absolute atomic E-state index is 5.68. The Morgan fingerprint density at radius 2 is 1.62 bits per heavy atom. The molecule has 0 aliphatic carbocycles. The minimum Gasteiger partial charge on any atom is -0.493 e. The number of aryl methyl sites for hydroxylation is 1. The molecule has 0 spiro atoms. The number of benzene rings is 2. The number of rotatable bonds is 7. The van der Waals surface area contributed by atoms with Crippen LogP contribution in [-0.2, 0) is 13.1 Å². The molecule has 2 heterocycles. The molecule has 0 saturated carbocycles. The first kappa shape index (κ1) is 19.6. The smallest absolute Gasteiger partial charge is 0.241 e. The van der Waals surface area contributed by atoms with Crippen LogP contribution in [0.2, 0.25) is 0 Å². The van der Waals surface area contributed by atoms with Crippen molar-refractivity contribution in [3.63, 3.8) is 0 Å². The van der Waals surface area contributed by atoms with E-state index in [9.17, 15) is 0 Å². The van der Waals surface area contributed by atoms with Gasteiger partial charge < -0.3 is 9.26 Å². The van der Waals surface area contributed by atoms with Crippen LogP contribution in [0.25, 0.3) is 11.4 Å². The molecule has 3 aromatic rings. The second-order valence-corrected chi connectivity index (χ2v) is 7.42. The fourth-order valence-corrected chi connectivity index (χ4v) is 3.69. The van der Waals surface area contributed by atoms with Gasteiger partial charge in [0.2, 0.25) is 11.7 Å². The number of aromatic nitrogens is 2. The van der Waals surface area contributed by atoms with E-state index in [1.54, 1.807) is 0 Å². The topological polar surface area (TPSA) is 54.6 Å². The van der Waals surface area contributed by atoms with Crippen molar-refractivity contribution in [1.29, 1.82) is 0 Å². The lowest BCUT2D eigenvalue weighted by atomic mass is 10.1. The molecule has 29 heavy (non-hydrogen) atoms. The first-order valence-corrected chi connectivity index (χ1v) is 10.3. The van der Waals surface area contributed by atoms with Crippen LogP contribution in [-0.4, -0.2) is 52.7 Å². The first-order valence-electron chi connectivity index (χ1n) is 10.3. The van der Waals surface area contributed by atoms with Gasteiger partial charge in [0.15, 0.2) is 0 Å². The van der Waals surface area contributed by atoms with E-state index in [0.29, 0.717) is 24.9 Å². The number of hydrogen-bond acceptors (Lipinski definition) is 6. The van der Waals surface area contributed by atoms with Gasteiger partial charge in [-0.05, 0) is 37.1 Å². The van der Waals surface area contributed by atoms with Crippen LogP contribution >= 0.6 is 0 Å². The molecule has 1 aliphatic rings. The zero-order valence-electron chi connectivity index (χ0n) is 17.2. The third kappa shape index (κ3) is 4.83. The van der Waals surface area contributed by atoms with E-state index in [-0.39, 0.29) is 0 Å². The van der Waals surface area contributed by atoms with Gasteiger partial charge in [0.25, 0.3) is 0 Å². The summed E-state index contributed by atoms with van der Waals surface area (Å²) in [7, 11) is 0. The van der Waals surface area contributed by atoms with Crippen molar-refractivity contribution in [3.8, 4) is 17.1 Å². The minimum atomic E-state index is 0.585. The number of hydrogen-bond donors (Lipinski definition) is 0. The van der Waals surface area contributed by atoms with Crippen LogP contribution in [0.3, 0.4) is 0 Å². The zero-order valence-corrected chi connectivity index (χ0v) is 17.2. The van der Waals surface area contributed by atoms with Gasteiger partial charge in [-0.3, -0.25) is 9.80 Å². The van der Waals surface area contributed by atoms with Crippen molar-refractivity contribution in [2.75, 3.05) is 32.8 Å². The molecule has 2 aromatic carbocycles. The Bertz CT molecular complexity index is 932. The number of nitrogens with zero attached hydrogens (tertiary/aromatic N) is 4. The maximum atomic E-state index is 5.68. The van der Waals surface area contributed by atoms with Gasteiger partial charge in [-0.2, -0.15) is 4.98 Å². The van der Waals surface area contributed by atoms with Crippen molar-refractivity contribution in [2.24, 2.45) is 0 Å². The van der Waals surface area contributed by atoms with Gasteiger partial charge in [-0.15, -0.1) is 0 Å². The second kappa shape index (κ2) is 9.20. The summed E-state index contributed by atoms with van der Waals surface area (Å²) in [6.45, 7) is 10.5. The molecular formula is C23H28N4O2. The molecule has 1 aromatic heterocycles. The maximum Gasteiger partial charge on any atom is 0.241 e. The average molecular weight is 393 g/mol. The predicted molar refractivity (Wildman–Crippen MR) is 113 cm³/mol. The summed E-state index contributed by atoms with van der Waals surface area (Å²) in [5, 5.41) is 4.17. The highest BCUT2D eigenvalue weighted by molar-refractivity contribution is 5.63. The number of para-hydroxylation sites is 1. The van der Waals surface area contributed by atoms with Crippen molar-refractivity contribution in [3.05, 3.63) is 65.5 Å². The van der Waals surface area contributed by atoms with Gasteiger partial charge in [0.1, 0.15) is 5.75 Å². The summed E-state index contributed by atoms with van der Waals surface area (Å²) >= 11 is 0. The third-order valence-electron chi connectivity index (χ3n) is 5.37. The molecule has 0 amide bonds. The van der Waals surface area contributed by atoms with Crippen LogP contribution in [0.4, 0.5) is 0 Å². The Kier molecular flexibility index (Phi) is 6.22. The van der Waals surface area contributed by atoms with Gasteiger partial charge in [0.05, 0.1) is 18.7 Å².